The van der Waals surface area contributed by atoms with E-state index in [4.69, 9.17) is 9.52 Å². The van der Waals surface area contributed by atoms with Crippen LogP contribution in [0.15, 0.2) is 81.4 Å². The average Bonchev–Trinajstić information content (AvgIpc) is 3.54. The molecule has 0 saturated carbocycles. The van der Waals surface area contributed by atoms with E-state index in [1.165, 1.54) is 28.1 Å². The molecule has 158 valence electrons. The number of para-hydroxylation sites is 2. The van der Waals surface area contributed by atoms with Crippen LogP contribution < -0.4 is 10.0 Å². The zero-order chi connectivity index (χ0) is 21.5. The number of rotatable bonds is 4. The minimum atomic E-state index is 0.746. The summed E-state index contributed by atoms with van der Waals surface area (Å²) >= 11 is 0. The second kappa shape index (κ2) is 7.68. The van der Waals surface area contributed by atoms with Gasteiger partial charge in [-0.2, -0.15) is 10.2 Å². The van der Waals surface area contributed by atoms with Crippen LogP contribution in [0.25, 0.3) is 11.0 Å². The van der Waals surface area contributed by atoms with Gasteiger partial charge in [0.05, 0.1) is 23.8 Å². The van der Waals surface area contributed by atoms with Crippen molar-refractivity contribution in [2.75, 3.05) is 23.1 Å². The number of hydrogen-bond donors (Lipinski definition) is 0. The van der Waals surface area contributed by atoms with Gasteiger partial charge in [-0.05, 0) is 60.7 Å². The number of benzene rings is 3. The van der Waals surface area contributed by atoms with Gasteiger partial charge in [0, 0.05) is 24.0 Å². The molecule has 0 aliphatic carbocycles. The van der Waals surface area contributed by atoms with Crippen molar-refractivity contribution >= 4 is 34.8 Å². The van der Waals surface area contributed by atoms with Crippen molar-refractivity contribution in [2.24, 2.45) is 10.2 Å². The van der Waals surface area contributed by atoms with Gasteiger partial charge in [-0.1, -0.05) is 42.5 Å². The summed E-state index contributed by atoms with van der Waals surface area (Å²) in [4.78, 5) is 0. The highest BCUT2D eigenvalue weighted by molar-refractivity contribution is 6.01. The highest BCUT2D eigenvalue weighted by Crippen LogP contribution is 2.30. The van der Waals surface area contributed by atoms with Crippen molar-refractivity contribution in [2.45, 2.75) is 19.8 Å². The largest absolute Gasteiger partial charge is 0.455 e. The van der Waals surface area contributed by atoms with E-state index in [0.717, 1.165) is 48.2 Å². The molecule has 3 heterocycles. The maximum Gasteiger partial charge on any atom is 0.148 e. The first-order valence-electron chi connectivity index (χ1n) is 11.1. The molecule has 2 aliphatic rings. The molecule has 2 aliphatic heterocycles. The molecule has 5 nitrogen and oxygen atoms in total. The van der Waals surface area contributed by atoms with E-state index >= 15 is 0 Å². The van der Waals surface area contributed by atoms with Crippen LogP contribution in [-0.2, 0) is 12.8 Å². The van der Waals surface area contributed by atoms with Crippen molar-refractivity contribution in [3.05, 3.63) is 94.7 Å². The standard InChI is InChI=1S/C27H24N4O/c1-19-10-11-27-23(24(19)18-29-31-15-13-21-7-3-5-9-26(21)31)16-22(32-27)17-28-30-14-12-20-6-2-4-8-25(20)30/h2-11,16-18H,12-15H2,1H3. The summed E-state index contributed by atoms with van der Waals surface area (Å²) in [6.45, 7) is 3.91. The molecule has 4 aromatic rings. The number of fused-ring (bicyclic) bond motifs is 3. The van der Waals surface area contributed by atoms with E-state index in [1.807, 2.05) is 23.5 Å². The highest BCUT2D eigenvalue weighted by atomic mass is 16.3. The maximum atomic E-state index is 6.09. The predicted molar refractivity (Wildman–Crippen MR) is 131 cm³/mol. The second-order valence-electron chi connectivity index (χ2n) is 8.35. The Bertz CT molecular complexity index is 1370. The molecule has 0 saturated heterocycles. The lowest BCUT2D eigenvalue weighted by molar-refractivity contribution is 0.607. The fraction of sp³-hybridized carbons (Fsp3) is 0.185. The molecule has 6 rings (SSSR count). The summed E-state index contributed by atoms with van der Waals surface area (Å²) in [5.41, 5.74) is 8.17. The van der Waals surface area contributed by atoms with E-state index in [9.17, 15) is 0 Å². The summed E-state index contributed by atoms with van der Waals surface area (Å²) in [7, 11) is 0. The number of anilines is 2. The van der Waals surface area contributed by atoms with Gasteiger partial charge in [0.1, 0.15) is 11.3 Å². The Balaban J connectivity index is 1.29. The number of hydrogen-bond acceptors (Lipinski definition) is 5. The third kappa shape index (κ3) is 3.26. The monoisotopic (exact) mass is 420 g/mol. The summed E-state index contributed by atoms with van der Waals surface area (Å²) in [6.07, 6.45) is 5.83. The molecule has 0 spiro atoms. The van der Waals surface area contributed by atoms with Crippen LogP contribution in [0.3, 0.4) is 0 Å². The van der Waals surface area contributed by atoms with Crippen LogP contribution in [-0.4, -0.2) is 25.5 Å². The Hall–Kier alpha value is -3.86. The molecule has 0 bridgehead atoms. The average molecular weight is 421 g/mol. The van der Waals surface area contributed by atoms with Gasteiger partial charge in [-0.15, -0.1) is 0 Å². The minimum absolute atomic E-state index is 0.746. The maximum absolute atomic E-state index is 6.09. The number of aryl methyl sites for hydroxylation is 1. The first kappa shape index (κ1) is 18.9. The molecule has 32 heavy (non-hydrogen) atoms. The third-order valence-corrected chi connectivity index (χ3v) is 6.36. The third-order valence-electron chi connectivity index (χ3n) is 6.36. The topological polar surface area (TPSA) is 44.3 Å². The molecular formula is C27H24N4O. The van der Waals surface area contributed by atoms with Crippen molar-refractivity contribution in [3.8, 4) is 0 Å². The Morgan fingerprint density at radius 3 is 2.09 bits per heavy atom. The number of nitrogens with zero attached hydrogens (tertiary/aromatic N) is 4. The van der Waals surface area contributed by atoms with Gasteiger partial charge in [0.15, 0.2) is 0 Å². The van der Waals surface area contributed by atoms with Crippen molar-refractivity contribution in [1.29, 1.82) is 0 Å². The Kier molecular flexibility index (Phi) is 4.53. The Morgan fingerprint density at radius 1 is 0.781 bits per heavy atom. The fourth-order valence-corrected chi connectivity index (χ4v) is 4.63. The molecule has 0 radical (unpaired) electrons. The first-order valence-corrected chi connectivity index (χ1v) is 11.1. The van der Waals surface area contributed by atoms with Gasteiger partial charge >= 0.3 is 0 Å². The molecular weight excluding hydrogens is 396 g/mol. The lowest BCUT2D eigenvalue weighted by Gasteiger charge is -2.12. The van der Waals surface area contributed by atoms with Crippen LogP contribution in [0.4, 0.5) is 11.4 Å². The Labute approximate surface area is 187 Å². The fourth-order valence-electron chi connectivity index (χ4n) is 4.63. The molecule has 0 atom stereocenters. The molecule has 0 fully saturated rings. The van der Waals surface area contributed by atoms with Crippen molar-refractivity contribution in [1.82, 2.24) is 0 Å². The van der Waals surface area contributed by atoms with Crippen molar-refractivity contribution < 1.29 is 4.42 Å². The normalized spacial score (nSPS) is 15.4. The lowest BCUT2D eigenvalue weighted by atomic mass is 10.1. The number of hydrazone groups is 2. The second-order valence-corrected chi connectivity index (χ2v) is 8.35. The van der Waals surface area contributed by atoms with Crippen LogP contribution >= 0.6 is 0 Å². The van der Waals surface area contributed by atoms with Gasteiger partial charge in [0.2, 0.25) is 0 Å². The summed E-state index contributed by atoms with van der Waals surface area (Å²) < 4.78 is 6.09. The van der Waals surface area contributed by atoms with E-state index < -0.39 is 0 Å². The summed E-state index contributed by atoms with van der Waals surface area (Å²) in [5, 5.41) is 14.7. The molecule has 5 heteroatoms. The molecule has 3 aromatic carbocycles. The van der Waals surface area contributed by atoms with Crippen LogP contribution in [0, 0.1) is 6.92 Å². The quantitative estimate of drug-likeness (QED) is 0.408. The van der Waals surface area contributed by atoms with Crippen molar-refractivity contribution in [3.63, 3.8) is 0 Å². The highest BCUT2D eigenvalue weighted by Gasteiger charge is 2.19. The van der Waals surface area contributed by atoms with E-state index in [0.29, 0.717) is 0 Å². The SMILES string of the molecule is Cc1ccc2oc(C=NN3CCc4ccccc43)cc2c1C=NN1CCc2ccccc21. The molecule has 0 N–H and O–H groups in total. The predicted octanol–water partition coefficient (Wildman–Crippen LogP) is 5.53. The van der Waals surface area contributed by atoms with Gasteiger partial charge in [-0.3, -0.25) is 10.0 Å². The van der Waals surface area contributed by atoms with E-state index in [1.54, 1.807) is 0 Å². The zero-order valence-corrected chi connectivity index (χ0v) is 18.0. The van der Waals surface area contributed by atoms with E-state index in [2.05, 4.69) is 77.7 Å². The van der Waals surface area contributed by atoms with Gasteiger partial charge in [0.25, 0.3) is 0 Å². The molecule has 0 unspecified atom stereocenters. The molecule has 1 aromatic heterocycles. The molecule has 0 amide bonds. The lowest BCUT2D eigenvalue weighted by Crippen LogP contribution is -2.12. The smallest absolute Gasteiger partial charge is 0.148 e. The van der Waals surface area contributed by atoms with Gasteiger partial charge in [-0.25, -0.2) is 0 Å². The van der Waals surface area contributed by atoms with Gasteiger partial charge < -0.3 is 4.42 Å². The number of furan rings is 1. The minimum Gasteiger partial charge on any atom is -0.455 e. The summed E-state index contributed by atoms with van der Waals surface area (Å²) in [6, 6.07) is 23.1. The zero-order valence-electron chi connectivity index (χ0n) is 18.0. The van der Waals surface area contributed by atoms with E-state index in [-0.39, 0.29) is 0 Å². The first-order chi connectivity index (χ1) is 15.8. The van der Waals surface area contributed by atoms with Crippen LogP contribution in [0.2, 0.25) is 0 Å². The summed E-state index contributed by atoms with van der Waals surface area (Å²) in [5.74, 6) is 0.746. The van der Waals surface area contributed by atoms with Crippen LogP contribution in [0.5, 0.6) is 0 Å². The Morgan fingerprint density at radius 2 is 1.41 bits per heavy atom. The van der Waals surface area contributed by atoms with Crippen LogP contribution in [0.1, 0.15) is 28.0 Å².